The van der Waals surface area contributed by atoms with E-state index in [1.807, 2.05) is 7.05 Å². The normalized spacial score (nSPS) is 25.0. The summed E-state index contributed by atoms with van der Waals surface area (Å²) in [5.74, 6) is 2.47. The molecule has 0 bridgehead atoms. The fraction of sp³-hybridized carbons (Fsp3) is 0.950. The van der Waals surface area contributed by atoms with Crippen molar-refractivity contribution in [3.63, 3.8) is 0 Å². The Labute approximate surface area is 187 Å². The van der Waals surface area contributed by atoms with Gasteiger partial charge < -0.3 is 24.4 Å². The van der Waals surface area contributed by atoms with E-state index < -0.39 is 0 Å². The first-order valence-electron chi connectivity index (χ1n) is 10.8. The minimum absolute atomic E-state index is 0. The van der Waals surface area contributed by atoms with Crippen molar-refractivity contribution in [2.24, 2.45) is 16.8 Å². The molecule has 8 heteroatoms. The predicted molar refractivity (Wildman–Crippen MR) is 123 cm³/mol. The Morgan fingerprint density at radius 1 is 1.04 bits per heavy atom. The number of guanidine groups is 1. The van der Waals surface area contributed by atoms with Gasteiger partial charge in [0.2, 0.25) is 0 Å². The first-order valence-corrected chi connectivity index (χ1v) is 10.8. The second-order valence-electron chi connectivity index (χ2n) is 7.97. The lowest BCUT2D eigenvalue weighted by atomic mass is 10.0. The average Bonchev–Trinajstić information content (AvgIpc) is 3.17. The van der Waals surface area contributed by atoms with Crippen molar-refractivity contribution < 1.29 is 14.2 Å². The van der Waals surface area contributed by atoms with E-state index in [0.29, 0.717) is 5.92 Å². The van der Waals surface area contributed by atoms with Gasteiger partial charge in [0, 0.05) is 72.7 Å². The molecule has 3 saturated heterocycles. The molecule has 0 aromatic carbocycles. The Bertz CT molecular complexity index is 443. The van der Waals surface area contributed by atoms with Gasteiger partial charge in [-0.05, 0) is 37.5 Å². The van der Waals surface area contributed by atoms with Gasteiger partial charge in [-0.1, -0.05) is 0 Å². The zero-order valence-electron chi connectivity index (χ0n) is 17.4. The molecule has 3 rings (SSSR count). The molecule has 3 aliphatic heterocycles. The summed E-state index contributed by atoms with van der Waals surface area (Å²) in [6.45, 7) is 11.8. The van der Waals surface area contributed by atoms with Gasteiger partial charge in [-0.15, -0.1) is 24.0 Å². The fourth-order valence-corrected chi connectivity index (χ4v) is 4.19. The lowest BCUT2D eigenvalue weighted by Gasteiger charge is -2.29. The molecular formula is C20H39IN4O3. The van der Waals surface area contributed by atoms with Gasteiger partial charge in [0.1, 0.15) is 0 Å². The van der Waals surface area contributed by atoms with Crippen LogP contribution in [-0.2, 0) is 14.2 Å². The third kappa shape index (κ3) is 8.30. The smallest absolute Gasteiger partial charge is 0.193 e. The Morgan fingerprint density at radius 2 is 1.79 bits per heavy atom. The van der Waals surface area contributed by atoms with Crippen LogP contribution in [0.3, 0.4) is 0 Å². The van der Waals surface area contributed by atoms with E-state index in [0.717, 1.165) is 104 Å². The molecule has 0 aromatic rings. The van der Waals surface area contributed by atoms with Crippen LogP contribution in [-0.4, -0.2) is 102 Å². The van der Waals surface area contributed by atoms with Crippen LogP contribution >= 0.6 is 24.0 Å². The Balaban J connectivity index is 0.00000280. The van der Waals surface area contributed by atoms with Crippen LogP contribution in [0, 0.1) is 11.8 Å². The average molecular weight is 510 g/mol. The second-order valence-corrected chi connectivity index (χ2v) is 7.97. The topological polar surface area (TPSA) is 58.6 Å². The number of aliphatic imine (C=N–C) groups is 1. The predicted octanol–water partition coefficient (Wildman–Crippen LogP) is 1.67. The van der Waals surface area contributed by atoms with Gasteiger partial charge in [0.15, 0.2) is 5.96 Å². The Morgan fingerprint density at radius 3 is 2.54 bits per heavy atom. The minimum Gasteiger partial charge on any atom is -0.381 e. The standard InChI is InChI=1S/C20H38N4O3.HI/c1-21-20(22-6-2-10-27-17-18-4-11-25-12-5-18)24-7-3-19(16-24)15-23-8-13-26-14-9-23;/h18-19H,2-17H2,1H3,(H,21,22);1H. The number of hydrogen-bond acceptors (Lipinski definition) is 5. The summed E-state index contributed by atoms with van der Waals surface area (Å²) in [5.41, 5.74) is 0. The molecule has 7 nitrogen and oxygen atoms in total. The van der Waals surface area contributed by atoms with Gasteiger partial charge in [0.05, 0.1) is 13.2 Å². The van der Waals surface area contributed by atoms with E-state index in [4.69, 9.17) is 14.2 Å². The van der Waals surface area contributed by atoms with Crippen LogP contribution in [0.15, 0.2) is 4.99 Å². The summed E-state index contributed by atoms with van der Waals surface area (Å²) < 4.78 is 16.7. The minimum atomic E-state index is 0. The van der Waals surface area contributed by atoms with Crippen LogP contribution in [0.25, 0.3) is 0 Å². The molecule has 3 aliphatic rings. The molecule has 0 spiro atoms. The lowest BCUT2D eigenvalue weighted by Crippen LogP contribution is -2.42. The van der Waals surface area contributed by atoms with E-state index in [1.54, 1.807) is 0 Å². The number of morpholine rings is 1. The van der Waals surface area contributed by atoms with Crippen LogP contribution in [0.1, 0.15) is 25.7 Å². The van der Waals surface area contributed by atoms with E-state index >= 15 is 0 Å². The summed E-state index contributed by atoms with van der Waals surface area (Å²) in [6.07, 6.45) is 4.57. The quantitative estimate of drug-likeness (QED) is 0.232. The molecule has 1 atom stereocenters. The Kier molecular flexibility index (Phi) is 12.0. The number of nitrogens with one attached hydrogen (secondary N) is 1. The molecule has 164 valence electrons. The summed E-state index contributed by atoms with van der Waals surface area (Å²) in [4.78, 5) is 9.44. The molecule has 28 heavy (non-hydrogen) atoms. The zero-order valence-corrected chi connectivity index (χ0v) is 19.8. The number of likely N-dealkylation sites (tertiary alicyclic amines) is 1. The number of rotatable bonds is 8. The number of hydrogen-bond donors (Lipinski definition) is 1. The van der Waals surface area contributed by atoms with Gasteiger partial charge >= 0.3 is 0 Å². The molecule has 1 N–H and O–H groups in total. The molecule has 3 fully saturated rings. The van der Waals surface area contributed by atoms with Crippen molar-refractivity contribution >= 4 is 29.9 Å². The molecule has 3 heterocycles. The molecule has 0 aromatic heterocycles. The molecule has 0 saturated carbocycles. The molecular weight excluding hydrogens is 471 g/mol. The van der Waals surface area contributed by atoms with Crippen molar-refractivity contribution in [1.29, 1.82) is 0 Å². The van der Waals surface area contributed by atoms with E-state index in [9.17, 15) is 0 Å². The monoisotopic (exact) mass is 510 g/mol. The maximum Gasteiger partial charge on any atom is 0.193 e. The van der Waals surface area contributed by atoms with Gasteiger partial charge in [-0.2, -0.15) is 0 Å². The number of halogens is 1. The van der Waals surface area contributed by atoms with E-state index in [1.165, 1.54) is 13.0 Å². The van der Waals surface area contributed by atoms with Crippen LogP contribution < -0.4 is 5.32 Å². The van der Waals surface area contributed by atoms with Crippen molar-refractivity contribution in [3.8, 4) is 0 Å². The summed E-state index contributed by atoms with van der Waals surface area (Å²) >= 11 is 0. The van der Waals surface area contributed by atoms with Gasteiger partial charge in [-0.3, -0.25) is 9.89 Å². The second kappa shape index (κ2) is 14.0. The van der Waals surface area contributed by atoms with Gasteiger partial charge in [0.25, 0.3) is 0 Å². The zero-order chi connectivity index (χ0) is 18.7. The molecule has 1 unspecified atom stereocenters. The number of ether oxygens (including phenoxy) is 3. The highest BCUT2D eigenvalue weighted by Gasteiger charge is 2.26. The van der Waals surface area contributed by atoms with Crippen LogP contribution in [0.5, 0.6) is 0 Å². The van der Waals surface area contributed by atoms with Crippen LogP contribution in [0.4, 0.5) is 0 Å². The lowest BCUT2D eigenvalue weighted by molar-refractivity contribution is 0.0203. The highest BCUT2D eigenvalue weighted by Crippen LogP contribution is 2.18. The van der Waals surface area contributed by atoms with Crippen molar-refractivity contribution in [3.05, 3.63) is 0 Å². The Hall–Kier alpha value is -0.160. The SMILES string of the molecule is CN=C(NCCCOCC1CCOCC1)N1CCC(CN2CCOCC2)C1.I. The van der Waals surface area contributed by atoms with Crippen molar-refractivity contribution in [1.82, 2.24) is 15.1 Å². The molecule has 0 aliphatic carbocycles. The highest BCUT2D eigenvalue weighted by atomic mass is 127. The van der Waals surface area contributed by atoms with Gasteiger partial charge in [-0.25, -0.2) is 0 Å². The number of nitrogens with zero attached hydrogens (tertiary/aromatic N) is 3. The maximum absolute atomic E-state index is 5.85. The van der Waals surface area contributed by atoms with E-state index in [2.05, 4.69) is 20.1 Å². The fourth-order valence-electron chi connectivity index (χ4n) is 4.19. The largest absolute Gasteiger partial charge is 0.381 e. The summed E-state index contributed by atoms with van der Waals surface area (Å²) in [6, 6.07) is 0. The molecule has 0 radical (unpaired) electrons. The summed E-state index contributed by atoms with van der Waals surface area (Å²) in [7, 11) is 1.89. The van der Waals surface area contributed by atoms with Crippen LogP contribution in [0.2, 0.25) is 0 Å². The maximum atomic E-state index is 5.85. The van der Waals surface area contributed by atoms with E-state index in [-0.39, 0.29) is 24.0 Å². The highest BCUT2D eigenvalue weighted by molar-refractivity contribution is 14.0. The van der Waals surface area contributed by atoms with Crippen molar-refractivity contribution in [2.45, 2.75) is 25.7 Å². The summed E-state index contributed by atoms with van der Waals surface area (Å²) in [5, 5.41) is 3.52. The molecule has 0 amide bonds. The first kappa shape index (κ1) is 24.1. The third-order valence-electron chi connectivity index (χ3n) is 5.86. The van der Waals surface area contributed by atoms with Crippen molar-refractivity contribution in [2.75, 3.05) is 86.0 Å². The third-order valence-corrected chi connectivity index (χ3v) is 5.86. The first-order chi connectivity index (χ1) is 13.3.